The highest BCUT2D eigenvalue weighted by atomic mass is 16.4. The molecule has 0 spiro atoms. The number of rotatable bonds is 3. The highest BCUT2D eigenvalue weighted by Gasteiger charge is 2.45. The number of carboxylic acids is 1. The summed E-state index contributed by atoms with van der Waals surface area (Å²) >= 11 is 0. The lowest BCUT2D eigenvalue weighted by Gasteiger charge is -2.44. The molecule has 1 saturated heterocycles. The normalized spacial score (nSPS) is 21.8. The van der Waals surface area contributed by atoms with Gasteiger partial charge in [0.2, 0.25) is 0 Å². The molecule has 20 heavy (non-hydrogen) atoms. The number of aliphatic carboxylic acids is 1. The van der Waals surface area contributed by atoms with Crippen LogP contribution in [0.1, 0.15) is 44.1 Å². The molecule has 0 aliphatic carbocycles. The van der Waals surface area contributed by atoms with Gasteiger partial charge in [0.25, 0.3) is 5.91 Å². The van der Waals surface area contributed by atoms with E-state index in [1.807, 2.05) is 37.6 Å². The molecule has 0 radical (unpaired) electrons. The summed E-state index contributed by atoms with van der Waals surface area (Å²) in [7, 11) is 0. The van der Waals surface area contributed by atoms with Gasteiger partial charge in [-0.2, -0.15) is 0 Å². The van der Waals surface area contributed by atoms with Crippen LogP contribution in [0, 0.1) is 5.41 Å². The number of piperidine rings is 1. The summed E-state index contributed by atoms with van der Waals surface area (Å²) in [5.74, 6) is -1.10. The first-order valence-electron chi connectivity index (χ1n) is 7.07. The smallest absolute Gasteiger partial charge is 0.326 e. The minimum Gasteiger partial charge on any atom is -0.480 e. The minimum absolute atomic E-state index is 0.183. The number of amides is 1. The SMILES string of the molecule is CCn1cccc1C(=O)N1CCCC(C)(C)C1C(=O)O. The number of nitrogens with zero attached hydrogens (tertiary/aromatic N) is 2. The number of likely N-dealkylation sites (tertiary alicyclic amines) is 1. The number of hydrogen-bond acceptors (Lipinski definition) is 2. The van der Waals surface area contributed by atoms with Crippen molar-refractivity contribution >= 4 is 11.9 Å². The average Bonchev–Trinajstić information content (AvgIpc) is 2.84. The van der Waals surface area contributed by atoms with Crippen molar-refractivity contribution in [3.63, 3.8) is 0 Å². The molecule has 0 bridgehead atoms. The second kappa shape index (κ2) is 5.31. The lowest BCUT2D eigenvalue weighted by atomic mass is 9.76. The zero-order chi connectivity index (χ0) is 14.9. The van der Waals surface area contributed by atoms with Crippen molar-refractivity contribution in [2.45, 2.75) is 46.2 Å². The van der Waals surface area contributed by atoms with Gasteiger partial charge >= 0.3 is 5.97 Å². The molecular formula is C15H22N2O3. The molecule has 5 nitrogen and oxygen atoms in total. The van der Waals surface area contributed by atoms with E-state index in [1.54, 1.807) is 6.07 Å². The van der Waals surface area contributed by atoms with Gasteiger partial charge in [-0.3, -0.25) is 4.79 Å². The molecule has 1 unspecified atom stereocenters. The molecule has 1 aromatic heterocycles. The fourth-order valence-electron chi connectivity index (χ4n) is 3.11. The number of aryl methyl sites for hydroxylation is 1. The van der Waals surface area contributed by atoms with Crippen molar-refractivity contribution < 1.29 is 14.7 Å². The van der Waals surface area contributed by atoms with Crippen molar-refractivity contribution in [3.05, 3.63) is 24.0 Å². The van der Waals surface area contributed by atoms with Crippen LogP contribution in [0.3, 0.4) is 0 Å². The van der Waals surface area contributed by atoms with Crippen LogP contribution in [0.2, 0.25) is 0 Å². The van der Waals surface area contributed by atoms with E-state index in [2.05, 4.69) is 0 Å². The largest absolute Gasteiger partial charge is 0.480 e. The number of hydrogen-bond donors (Lipinski definition) is 1. The van der Waals surface area contributed by atoms with Crippen molar-refractivity contribution in [1.29, 1.82) is 0 Å². The van der Waals surface area contributed by atoms with Crippen LogP contribution in [-0.4, -0.2) is 39.0 Å². The number of carbonyl (C=O) groups is 2. The summed E-state index contributed by atoms with van der Waals surface area (Å²) in [6.45, 7) is 7.01. The average molecular weight is 278 g/mol. The Kier molecular flexibility index (Phi) is 3.88. The Hall–Kier alpha value is -1.78. The Balaban J connectivity index is 2.34. The van der Waals surface area contributed by atoms with Gasteiger partial charge in [0.15, 0.2) is 0 Å². The fraction of sp³-hybridized carbons (Fsp3) is 0.600. The predicted octanol–water partition coefficient (Wildman–Crippen LogP) is 2.22. The lowest BCUT2D eigenvalue weighted by molar-refractivity contribution is -0.148. The second-order valence-electron chi connectivity index (χ2n) is 6.01. The van der Waals surface area contributed by atoms with Gasteiger partial charge in [-0.25, -0.2) is 4.79 Å². The molecule has 1 fully saturated rings. The zero-order valence-electron chi connectivity index (χ0n) is 12.3. The van der Waals surface area contributed by atoms with Gasteiger partial charge in [0.1, 0.15) is 11.7 Å². The third-order valence-corrected chi connectivity index (χ3v) is 4.16. The van der Waals surface area contributed by atoms with Gasteiger partial charge in [-0.05, 0) is 37.3 Å². The molecule has 1 aliphatic rings. The van der Waals surface area contributed by atoms with Crippen LogP contribution in [0.5, 0.6) is 0 Å². The molecule has 1 N–H and O–H groups in total. The molecule has 1 atom stereocenters. The first-order valence-corrected chi connectivity index (χ1v) is 7.07. The highest BCUT2D eigenvalue weighted by molar-refractivity contribution is 5.95. The van der Waals surface area contributed by atoms with Crippen LogP contribution in [0.25, 0.3) is 0 Å². The van der Waals surface area contributed by atoms with Crippen molar-refractivity contribution in [3.8, 4) is 0 Å². The number of carboxylic acid groups (broad SMARTS) is 1. The van der Waals surface area contributed by atoms with Gasteiger partial charge in [0.05, 0.1) is 0 Å². The first-order chi connectivity index (χ1) is 9.38. The van der Waals surface area contributed by atoms with Gasteiger partial charge in [-0.1, -0.05) is 13.8 Å². The number of carbonyl (C=O) groups excluding carboxylic acids is 1. The van der Waals surface area contributed by atoms with Crippen LogP contribution >= 0.6 is 0 Å². The molecule has 5 heteroatoms. The van der Waals surface area contributed by atoms with Crippen LogP contribution in [0.4, 0.5) is 0 Å². The molecule has 0 saturated carbocycles. The van der Waals surface area contributed by atoms with Crippen LogP contribution in [-0.2, 0) is 11.3 Å². The molecule has 1 amide bonds. The maximum Gasteiger partial charge on any atom is 0.326 e. The number of aromatic nitrogens is 1. The Labute approximate surface area is 119 Å². The Morgan fingerprint density at radius 2 is 2.15 bits per heavy atom. The second-order valence-corrected chi connectivity index (χ2v) is 6.01. The van der Waals surface area contributed by atoms with Crippen molar-refractivity contribution in [1.82, 2.24) is 9.47 Å². The Morgan fingerprint density at radius 3 is 2.75 bits per heavy atom. The molecular weight excluding hydrogens is 256 g/mol. The summed E-state index contributed by atoms with van der Waals surface area (Å²) in [6, 6.07) is 2.82. The summed E-state index contributed by atoms with van der Waals surface area (Å²) in [6.07, 6.45) is 3.51. The molecule has 2 heterocycles. The maximum atomic E-state index is 12.7. The van der Waals surface area contributed by atoms with Crippen LogP contribution < -0.4 is 0 Å². The monoisotopic (exact) mass is 278 g/mol. The van der Waals surface area contributed by atoms with Gasteiger partial charge < -0.3 is 14.6 Å². The van der Waals surface area contributed by atoms with Crippen molar-refractivity contribution in [2.24, 2.45) is 5.41 Å². The van der Waals surface area contributed by atoms with E-state index in [9.17, 15) is 14.7 Å². The Morgan fingerprint density at radius 1 is 1.45 bits per heavy atom. The summed E-state index contributed by atoms with van der Waals surface area (Å²) in [5.41, 5.74) is 0.167. The van der Waals surface area contributed by atoms with E-state index in [0.29, 0.717) is 18.8 Å². The molecule has 0 aromatic carbocycles. The first kappa shape index (κ1) is 14.6. The standard InChI is InChI=1S/C15H22N2O3/c1-4-16-9-5-7-11(16)13(18)17-10-6-8-15(2,3)12(17)14(19)20/h5,7,9,12H,4,6,8,10H2,1-3H3,(H,19,20). The third-order valence-electron chi connectivity index (χ3n) is 4.16. The van der Waals surface area contributed by atoms with E-state index in [4.69, 9.17) is 0 Å². The molecule has 2 rings (SSSR count). The molecule has 1 aromatic rings. The van der Waals surface area contributed by atoms with Gasteiger partial charge in [0, 0.05) is 19.3 Å². The molecule has 110 valence electrons. The summed E-state index contributed by atoms with van der Waals surface area (Å²) in [5, 5.41) is 9.52. The van der Waals surface area contributed by atoms with E-state index in [1.165, 1.54) is 4.90 Å². The van der Waals surface area contributed by atoms with E-state index in [-0.39, 0.29) is 5.91 Å². The van der Waals surface area contributed by atoms with E-state index >= 15 is 0 Å². The van der Waals surface area contributed by atoms with E-state index in [0.717, 1.165) is 12.8 Å². The summed E-state index contributed by atoms with van der Waals surface area (Å²) in [4.78, 5) is 25.8. The lowest BCUT2D eigenvalue weighted by Crippen LogP contribution is -2.56. The van der Waals surface area contributed by atoms with Crippen molar-refractivity contribution in [2.75, 3.05) is 6.54 Å². The highest BCUT2D eigenvalue weighted by Crippen LogP contribution is 2.36. The predicted molar refractivity (Wildman–Crippen MR) is 75.6 cm³/mol. The third kappa shape index (κ3) is 2.44. The minimum atomic E-state index is -0.919. The Bertz CT molecular complexity index is 519. The molecule has 1 aliphatic heterocycles. The zero-order valence-corrected chi connectivity index (χ0v) is 12.3. The van der Waals surface area contributed by atoms with E-state index < -0.39 is 17.4 Å². The topological polar surface area (TPSA) is 62.5 Å². The quantitative estimate of drug-likeness (QED) is 0.922. The van der Waals surface area contributed by atoms with Gasteiger partial charge in [-0.15, -0.1) is 0 Å². The van der Waals surface area contributed by atoms with Crippen LogP contribution in [0.15, 0.2) is 18.3 Å². The summed E-state index contributed by atoms with van der Waals surface area (Å²) < 4.78 is 1.85. The fourth-order valence-corrected chi connectivity index (χ4v) is 3.11. The maximum absolute atomic E-state index is 12.7.